The molecule has 1 aliphatic heterocycles. The fraction of sp³-hybridized carbons (Fsp3) is 0.368. The fourth-order valence-electron chi connectivity index (χ4n) is 2.87. The number of hydrogen-bond donors (Lipinski definition) is 2. The van der Waals surface area contributed by atoms with E-state index in [1.165, 1.54) is 12.8 Å². The summed E-state index contributed by atoms with van der Waals surface area (Å²) in [6, 6.07) is 10.8. The van der Waals surface area contributed by atoms with Crippen LogP contribution in [-0.2, 0) is 6.54 Å². The Kier molecular flexibility index (Phi) is 5.76. The van der Waals surface area contributed by atoms with Crippen LogP contribution in [0.15, 0.2) is 42.6 Å². The van der Waals surface area contributed by atoms with Crippen LogP contribution < -0.4 is 15.5 Å². The van der Waals surface area contributed by atoms with E-state index in [4.69, 9.17) is 11.6 Å². The van der Waals surface area contributed by atoms with Crippen molar-refractivity contribution in [1.29, 1.82) is 0 Å². The van der Waals surface area contributed by atoms with Gasteiger partial charge in [0.15, 0.2) is 0 Å². The lowest BCUT2D eigenvalue weighted by Gasteiger charge is -2.31. The summed E-state index contributed by atoms with van der Waals surface area (Å²) in [5.41, 5.74) is 1.63. The second-order valence-corrected chi connectivity index (χ2v) is 6.95. The molecule has 1 fully saturated rings. The average molecular weight is 359 g/mol. The zero-order valence-electron chi connectivity index (χ0n) is 14.3. The Morgan fingerprint density at radius 3 is 2.76 bits per heavy atom. The summed E-state index contributed by atoms with van der Waals surface area (Å²) in [5.74, 6) is 1.82. The van der Waals surface area contributed by atoms with Gasteiger partial charge in [0.25, 0.3) is 0 Å². The molecule has 2 N–H and O–H groups in total. The van der Waals surface area contributed by atoms with Crippen LogP contribution in [0, 0.1) is 5.92 Å². The molecule has 25 heavy (non-hydrogen) atoms. The first kappa shape index (κ1) is 17.5. The van der Waals surface area contributed by atoms with Gasteiger partial charge in [-0.05, 0) is 48.6 Å². The number of benzene rings is 1. The summed E-state index contributed by atoms with van der Waals surface area (Å²) in [6.07, 6.45) is 4.26. The Morgan fingerprint density at radius 2 is 2.08 bits per heavy atom. The van der Waals surface area contributed by atoms with Crippen molar-refractivity contribution < 1.29 is 4.79 Å². The van der Waals surface area contributed by atoms with Gasteiger partial charge in [0, 0.05) is 36.5 Å². The highest BCUT2D eigenvalue weighted by atomic mass is 35.5. The molecule has 132 valence electrons. The molecular formula is C19H23ClN4O. The van der Waals surface area contributed by atoms with E-state index in [1.54, 1.807) is 24.3 Å². The SMILES string of the molecule is CC1CCN(c2ccc(CNC(=O)Nc3cccc(Cl)c3)cn2)CC1. The highest BCUT2D eigenvalue weighted by Gasteiger charge is 2.16. The zero-order valence-corrected chi connectivity index (χ0v) is 15.1. The van der Waals surface area contributed by atoms with Gasteiger partial charge in [-0.15, -0.1) is 0 Å². The summed E-state index contributed by atoms with van der Waals surface area (Å²) in [5, 5.41) is 6.17. The molecule has 2 aromatic rings. The minimum Gasteiger partial charge on any atom is -0.357 e. The van der Waals surface area contributed by atoms with Crippen molar-refractivity contribution in [1.82, 2.24) is 10.3 Å². The molecular weight excluding hydrogens is 336 g/mol. The van der Waals surface area contributed by atoms with Crippen molar-refractivity contribution in [2.75, 3.05) is 23.3 Å². The number of rotatable bonds is 4. The second kappa shape index (κ2) is 8.21. The van der Waals surface area contributed by atoms with E-state index in [1.807, 2.05) is 18.3 Å². The van der Waals surface area contributed by atoms with Crippen molar-refractivity contribution in [3.63, 3.8) is 0 Å². The van der Waals surface area contributed by atoms with Gasteiger partial charge in [-0.3, -0.25) is 0 Å². The molecule has 0 bridgehead atoms. The lowest BCUT2D eigenvalue weighted by atomic mass is 9.99. The molecule has 0 aliphatic carbocycles. The number of halogens is 1. The fourth-order valence-corrected chi connectivity index (χ4v) is 3.06. The van der Waals surface area contributed by atoms with E-state index in [-0.39, 0.29) is 6.03 Å². The Labute approximate surface area is 153 Å². The number of urea groups is 1. The maximum absolute atomic E-state index is 11.9. The Balaban J connectivity index is 1.49. The third-order valence-corrected chi connectivity index (χ3v) is 4.69. The summed E-state index contributed by atoms with van der Waals surface area (Å²) >= 11 is 5.90. The Hall–Kier alpha value is -2.27. The number of aromatic nitrogens is 1. The minimum absolute atomic E-state index is 0.267. The summed E-state index contributed by atoms with van der Waals surface area (Å²) < 4.78 is 0. The van der Waals surface area contributed by atoms with E-state index in [0.29, 0.717) is 17.3 Å². The molecule has 5 nitrogen and oxygen atoms in total. The van der Waals surface area contributed by atoms with Crippen molar-refractivity contribution in [2.24, 2.45) is 5.92 Å². The normalized spacial score (nSPS) is 15.0. The van der Waals surface area contributed by atoms with Crippen molar-refractivity contribution in [2.45, 2.75) is 26.3 Å². The highest BCUT2D eigenvalue weighted by molar-refractivity contribution is 6.30. The number of carbonyl (C=O) groups excluding carboxylic acids is 1. The van der Waals surface area contributed by atoms with Crippen molar-refractivity contribution in [3.05, 3.63) is 53.2 Å². The molecule has 1 aliphatic rings. The zero-order chi connectivity index (χ0) is 17.6. The summed E-state index contributed by atoms with van der Waals surface area (Å²) in [6.45, 7) is 4.85. The van der Waals surface area contributed by atoms with Gasteiger partial charge in [0.2, 0.25) is 0 Å². The lowest BCUT2D eigenvalue weighted by Crippen LogP contribution is -2.33. The first-order valence-corrected chi connectivity index (χ1v) is 8.98. The second-order valence-electron chi connectivity index (χ2n) is 6.51. The van der Waals surface area contributed by atoms with E-state index < -0.39 is 0 Å². The monoisotopic (exact) mass is 358 g/mol. The molecule has 1 aromatic carbocycles. The van der Waals surface area contributed by atoms with Crippen LogP contribution in [0.4, 0.5) is 16.3 Å². The molecule has 2 amide bonds. The maximum atomic E-state index is 11.9. The van der Waals surface area contributed by atoms with Gasteiger partial charge in [-0.2, -0.15) is 0 Å². The van der Waals surface area contributed by atoms with E-state index >= 15 is 0 Å². The number of amides is 2. The topological polar surface area (TPSA) is 57.3 Å². The number of nitrogens with zero attached hydrogens (tertiary/aromatic N) is 2. The average Bonchev–Trinajstić information content (AvgIpc) is 2.61. The third-order valence-electron chi connectivity index (χ3n) is 4.45. The predicted octanol–water partition coefficient (Wildman–Crippen LogP) is 4.29. The van der Waals surface area contributed by atoms with Crippen LogP contribution in [0.3, 0.4) is 0 Å². The molecule has 0 unspecified atom stereocenters. The van der Waals surface area contributed by atoms with Crippen LogP contribution in [0.1, 0.15) is 25.3 Å². The molecule has 0 spiro atoms. The van der Waals surface area contributed by atoms with E-state index in [0.717, 1.165) is 30.4 Å². The van der Waals surface area contributed by atoms with Crippen molar-refractivity contribution >= 4 is 29.1 Å². The number of anilines is 2. The highest BCUT2D eigenvalue weighted by Crippen LogP contribution is 2.21. The minimum atomic E-state index is -0.267. The van der Waals surface area contributed by atoms with E-state index in [9.17, 15) is 4.79 Å². The van der Waals surface area contributed by atoms with Gasteiger partial charge in [0.05, 0.1) is 0 Å². The molecule has 2 heterocycles. The predicted molar refractivity (Wildman–Crippen MR) is 102 cm³/mol. The van der Waals surface area contributed by atoms with Crippen LogP contribution >= 0.6 is 11.6 Å². The van der Waals surface area contributed by atoms with E-state index in [2.05, 4.69) is 27.4 Å². The van der Waals surface area contributed by atoms with Gasteiger partial charge in [-0.25, -0.2) is 9.78 Å². The standard InChI is InChI=1S/C19H23ClN4O/c1-14-7-9-24(10-8-14)18-6-5-15(12-21-18)13-22-19(25)23-17-4-2-3-16(20)11-17/h2-6,11-12,14H,7-10,13H2,1H3,(H2,22,23,25). The molecule has 0 saturated carbocycles. The van der Waals surface area contributed by atoms with Crippen LogP contribution in [0.5, 0.6) is 0 Å². The number of piperidine rings is 1. The van der Waals surface area contributed by atoms with Gasteiger partial charge in [-0.1, -0.05) is 30.7 Å². The van der Waals surface area contributed by atoms with Crippen LogP contribution in [-0.4, -0.2) is 24.1 Å². The first-order chi connectivity index (χ1) is 12.1. The van der Waals surface area contributed by atoms with Crippen molar-refractivity contribution in [3.8, 4) is 0 Å². The number of nitrogens with one attached hydrogen (secondary N) is 2. The third kappa shape index (κ3) is 5.10. The van der Waals surface area contributed by atoms with Gasteiger partial charge in [0.1, 0.15) is 5.82 Å². The van der Waals surface area contributed by atoms with Crippen LogP contribution in [0.2, 0.25) is 5.02 Å². The van der Waals surface area contributed by atoms with Gasteiger partial charge >= 0.3 is 6.03 Å². The molecule has 3 rings (SSSR count). The van der Waals surface area contributed by atoms with Gasteiger partial charge < -0.3 is 15.5 Å². The molecule has 1 saturated heterocycles. The quantitative estimate of drug-likeness (QED) is 0.857. The largest absolute Gasteiger partial charge is 0.357 e. The Bertz CT molecular complexity index is 712. The molecule has 0 atom stereocenters. The maximum Gasteiger partial charge on any atom is 0.319 e. The number of hydrogen-bond acceptors (Lipinski definition) is 3. The smallest absolute Gasteiger partial charge is 0.319 e. The number of pyridine rings is 1. The molecule has 6 heteroatoms. The number of carbonyl (C=O) groups is 1. The van der Waals surface area contributed by atoms with Crippen LogP contribution in [0.25, 0.3) is 0 Å². The summed E-state index contributed by atoms with van der Waals surface area (Å²) in [4.78, 5) is 18.8. The first-order valence-electron chi connectivity index (χ1n) is 8.60. The Morgan fingerprint density at radius 1 is 1.28 bits per heavy atom. The lowest BCUT2D eigenvalue weighted by molar-refractivity contribution is 0.251. The summed E-state index contributed by atoms with van der Waals surface area (Å²) in [7, 11) is 0. The molecule has 1 aromatic heterocycles. The molecule has 0 radical (unpaired) electrons.